The van der Waals surface area contributed by atoms with Crippen molar-refractivity contribution in [2.75, 3.05) is 28.7 Å². The number of nitrogens with one attached hydrogen (secondary N) is 2. The molecular weight excluding hydrogens is 360 g/mol. The van der Waals surface area contributed by atoms with Crippen LogP contribution in [0, 0.1) is 6.92 Å². The van der Waals surface area contributed by atoms with Crippen LogP contribution in [0.1, 0.15) is 30.7 Å². The summed E-state index contributed by atoms with van der Waals surface area (Å²) in [6.07, 6.45) is 1.79. The van der Waals surface area contributed by atoms with Crippen LogP contribution in [-0.4, -0.2) is 29.3 Å². The molecule has 3 rings (SSSR count). The molecule has 0 atom stereocenters. The molecule has 6 nitrogen and oxygen atoms in total. The van der Waals surface area contributed by atoms with E-state index in [-0.39, 0.29) is 0 Å². The molecule has 29 heavy (non-hydrogen) atoms. The zero-order chi connectivity index (χ0) is 20.5. The summed E-state index contributed by atoms with van der Waals surface area (Å²) in [6, 6.07) is 20.4. The van der Waals surface area contributed by atoms with Crippen LogP contribution in [0.2, 0.25) is 0 Å². The highest BCUT2D eigenvalue weighted by Gasteiger charge is 2.03. The molecule has 150 valence electrons. The third kappa shape index (κ3) is 6.04. The maximum atomic E-state index is 4.49. The fourth-order valence-corrected chi connectivity index (χ4v) is 3.01. The lowest BCUT2D eigenvalue weighted by atomic mass is 10.2. The Morgan fingerprint density at radius 2 is 1.69 bits per heavy atom. The molecule has 1 heterocycles. The number of rotatable bonds is 9. The van der Waals surface area contributed by atoms with Crippen molar-refractivity contribution < 1.29 is 0 Å². The highest BCUT2D eigenvalue weighted by atomic mass is 15.3. The molecule has 0 spiro atoms. The van der Waals surface area contributed by atoms with Crippen molar-refractivity contribution in [3.8, 4) is 0 Å². The highest BCUT2D eigenvalue weighted by Crippen LogP contribution is 2.14. The van der Waals surface area contributed by atoms with Crippen LogP contribution in [0.3, 0.4) is 0 Å². The predicted octanol–water partition coefficient (Wildman–Crippen LogP) is 4.69. The molecule has 0 bridgehead atoms. The average molecular weight is 389 g/mol. The van der Waals surface area contributed by atoms with E-state index < -0.39 is 0 Å². The largest absolute Gasteiger partial charge is 0.372 e. The van der Waals surface area contributed by atoms with Crippen LogP contribution in [0.25, 0.3) is 0 Å². The number of benzene rings is 2. The van der Waals surface area contributed by atoms with Crippen molar-refractivity contribution in [3.05, 3.63) is 77.5 Å². The Kier molecular flexibility index (Phi) is 7.16. The van der Waals surface area contributed by atoms with E-state index in [0.29, 0.717) is 18.3 Å². The minimum absolute atomic E-state index is 0.579. The molecule has 0 saturated carbocycles. The molecule has 3 aromatic rings. The Hall–Kier alpha value is -3.41. The molecule has 0 aliphatic carbocycles. The van der Waals surface area contributed by atoms with E-state index in [4.69, 9.17) is 0 Å². The maximum absolute atomic E-state index is 4.49. The van der Waals surface area contributed by atoms with Crippen molar-refractivity contribution >= 4 is 23.7 Å². The summed E-state index contributed by atoms with van der Waals surface area (Å²) in [4.78, 5) is 11.2. The lowest BCUT2D eigenvalue weighted by Crippen LogP contribution is -2.21. The van der Waals surface area contributed by atoms with Gasteiger partial charge in [0, 0.05) is 37.1 Å². The Labute approximate surface area is 172 Å². The van der Waals surface area contributed by atoms with Crippen molar-refractivity contribution in [3.63, 3.8) is 0 Å². The van der Waals surface area contributed by atoms with Gasteiger partial charge in [0.2, 0.25) is 5.95 Å². The smallest absolute Gasteiger partial charge is 0.225 e. The zero-order valence-electron chi connectivity index (χ0n) is 17.3. The van der Waals surface area contributed by atoms with Gasteiger partial charge in [-0.2, -0.15) is 10.1 Å². The molecule has 2 aromatic carbocycles. The number of aryl methyl sites for hydroxylation is 1. The first kappa shape index (κ1) is 20.3. The number of hydrogen-bond donors (Lipinski definition) is 2. The van der Waals surface area contributed by atoms with Gasteiger partial charge in [-0.3, -0.25) is 5.43 Å². The maximum Gasteiger partial charge on any atom is 0.225 e. The Bertz CT molecular complexity index is 918. The first-order chi connectivity index (χ1) is 14.2. The van der Waals surface area contributed by atoms with E-state index in [2.05, 4.69) is 81.0 Å². The summed E-state index contributed by atoms with van der Waals surface area (Å²) in [6.45, 7) is 8.94. The van der Waals surface area contributed by atoms with Gasteiger partial charge >= 0.3 is 0 Å². The lowest BCUT2D eigenvalue weighted by Gasteiger charge is -2.20. The summed E-state index contributed by atoms with van der Waals surface area (Å²) >= 11 is 0. The van der Waals surface area contributed by atoms with Gasteiger partial charge in [-0.15, -0.1) is 0 Å². The second-order valence-electron chi connectivity index (χ2n) is 6.69. The van der Waals surface area contributed by atoms with Gasteiger partial charge in [0.25, 0.3) is 0 Å². The minimum atomic E-state index is 0.579. The molecule has 0 aliphatic rings. The van der Waals surface area contributed by atoms with Crippen LogP contribution in [0.4, 0.5) is 17.5 Å². The molecule has 0 amide bonds. The van der Waals surface area contributed by atoms with Gasteiger partial charge < -0.3 is 10.2 Å². The third-order valence-electron chi connectivity index (χ3n) is 4.56. The summed E-state index contributed by atoms with van der Waals surface area (Å²) < 4.78 is 0. The van der Waals surface area contributed by atoms with Crippen molar-refractivity contribution in [1.82, 2.24) is 9.97 Å². The van der Waals surface area contributed by atoms with Crippen LogP contribution in [0.5, 0.6) is 0 Å². The summed E-state index contributed by atoms with van der Waals surface area (Å²) in [7, 11) is 0. The summed E-state index contributed by atoms with van der Waals surface area (Å²) in [5.74, 6) is 1.24. The van der Waals surface area contributed by atoms with Crippen molar-refractivity contribution in [1.29, 1.82) is 0 Å². The Morgan fingerprint density at radius 1 is 0.966 bits per heavy atom. The van der Waals surface area contributed by atoms with Crippen LogP contribution in [-0.2, 0) is 6.54 Å². The standard InChI is InChI=1S/C23H28N6/c1-4-29(5-2)21-13-11-20(12-14-21)17-25-28-22-15-18(3)26-23(27-22)24-16-19-9-7-6-8-10-19/h6-15,17H,4-5,16H2,1-3H3,(H2,24,26,27,28)/b25-17+. The quantitative estimate of drug-likeness (QED) is 0.411. The Morgan fingerprint density at radius 3 is 2.38 bits per heavy atom. The van der Waals surface area contributed by atoms with E-state index >= 15 is 0 Å². The second kappa shape index (κ2) is 10.2. The van der Waals surface area contributed by atoms with Gasteiger partial charge in [0.05, 0.1) is 6.21 Å². The number of anilines is 3. The molecule has 6 heteroatoms. The molecule has 1 aromatic heterocycles. The number of hydrazone groups is 1. The SMILES string of the molecule is CCN(CC)c1ccc(/C=N/Nc2cc(C)nc(NCc3ccccc3)n2)cc1. The third-order valence-corrected chi connectivity index (χ3v) is 4.56. The highest BCUT2D eigenvalue weighted by molar-refractivity contribution is 5.80. The monoisotopic (exact) mass is 388 g/mol. The predicted molar refractivity (Wildman–Crippen MR) is 122 cm³/mol. The van der Waals surface area contributed by atoms with Gasteiger partial charge in [-0.25, -0.2) is 4.98 Å². The van der Waals surface area contributed by atoms with E-state index in [0.717, 1.165) is 24.3 Å². The topological polar surface area (TPSA) is 65.4 Å². The molecule has 0 aliphatic heterocycles. The zero-order valence-corrected chi connectivity index (χ0v) is 17.3. The minimum Gasteiger partial charge on any atom is -0.372 e. The second-order valence-corrected chi connectivity index (χ2v) is 6.69. The first-order valence-corrected chi connectivity index (χ1v) is 9.95. The number of aromatic nitrogens is 2. The summed E-state index contributed by atoms with van der Waals surface area (Å²) in [5.41, 5.74) is 7.30. The fraction of sp³-hybridized carbons (Fsp3) is 0.261. The molecular formula is C23H28N6. The number of nitrogens with zero attached hydrogens (tertiary/aromatic N) is 4. The van der Waals surface area contributed by atoms with E-state index in [1.807, 2.05) is 31.2 Å². The molecule has 0 radical (unpaired) electrons. The fourth-order valence-electron chi connectivity index (χ4n) is 3.01. The Balaban J connectivity index is 1.60. The van der Waals surface area contributed by atoms with Crippen LogP contribution in [0.15, 0.2) is 65.8 Å². The van der Waals surface area contributed by atoms with E-state index in [1.165, 1.54) is 11.3 Å². The van der Waals surface area contributed by atoms with E-state index in [1.54, 1.807) is 6.21 Å². The first-order valence-electron chi connectivity index (χ1n) is 9.95. The molecule has 2 N–H and O–H groups in total. The molecule has 0 saturated heterocycles. The average Bonchev–Trinajstić information content (AvgIpc) is 2.75. The van der Waals surface area contributed by atoms with Crippen molar-refractivity contribution in [2.45, 2.75) is 27.3 Å². The number of hydrogen-bond acceptors (Lipinski definition) is 6. The summed E-state index contributed by atoms with van der Waals surface area (Å²) in [5, 5.41) is 7.58. The van der Waals surface area contributed by atoms with Gasteiger partial charge in [0.15, 0.2) is 5.82 Å². The van der Waals surface area contributed by atoms with Crippen molar-refractivity contribution in [2.24, 2.45) is 5.10 Å². The molecule has 0 unspecified atom stereocenters. The van der Waals surface area contributed by atoms with Gasteiger partial charge in [-0.1, -0.05) is 42.5 Å². The van der Waals surface area contributed by atoms with Gasteiger partial charge in [0.1, 0.15) is 0 Å². The lowest BCUT2D eigenvalue weighted by molar-refractivity contribution is 0.866. The van der Waals surface area contributed by atoms with Crippen LogP contribution < -0.4 is 15.6 Å². The van der Waals surface area contributed by atoms with Crippen LogP contribution >= 0.6 is 0 Å². The molecule has 0 fully saturated rings. The van der Waals surface area contributed by atoms with Gasteiger partial charge in [-0.05, 0) is 44.0 Å². The van der Waals surface area contributed by atoms with E-state index in [9.17, 15) is 0 Å². The normalized spacial score (nSPS) is 10.9.